The Morgan fingerprint density at radius 3 is 1.70 bits per heavy atom. The molecule has 0 bridgehead atoms. The van der Waals surface area contributed by atoms with E-state index in [9.17, 15) is 0 Å². The summed E-state index contributed by atoms with van der Waals surface area (Å²) in [5.74, 6) is 0.499. The lowest BCUT2D eigenvalue weighted by atomic mass is 9.99. The van der Waals surface area contributed by atoms with E-state index in [1.165, 1.54) is 0 Å². The van der Waals surface area contributed by atoms with Gasteiger partial charge in [-0.2, -0.15) is 0 Å². The van der Waals surface area contributed by atoms with Crippen LogP contribution in [0, 0.1) is 0 Å². The molecule has 0 amide bonds. The average molecular weight is 321 g/mol. The SMILES string of the molecule is NC(=NC(c1ccccc1)c1ccccc1)c1ccc(Cl)cc1. The van der Waals surface area contributed by atoms with Crippen molar-refractivity contribution in [2.24, 2.45) is 10.7 Å². The molecule has 0 spiro atoms. The van der Waals surface area contributed by atoms with Gasteiger partial charge in [-0.1, -0.05) is 72.3 Å². The van der Waals surface area contributed by atoms with Crippen molar-refractivity contribution in [2.75, 3.05) is 0 Å². The molecular weight excluding hydrogens is 304 g/mol. The highest BCUT2D eigenvalue weighted by atomic mass is 35.5. The highest BCUT2D eigenvalue weighted by molar-refractivity contribution is 6.30. The predicted molar refractivity (Wildman–Crippen MR) is 96.9 cm³/mol. The van der Waals surface area contributed by atoms with Crippen LogP contribution in [0.25, 0.3) is 0 Å². The third kappa shape index (κ3) is 3.79. The molecule has 0 aliphatic carbocycles. The zero-order valence-corrected chi connectivity index (χ0v) is 13.3. The van der Waals surface area contributed by atoms with E-state index in [2.05, 4.69) is 24.3 Å². The van der Waals surface area contributed by atoms with E-state index in [0.717, 1.165) is 16.7 Å². The van der Waals surface area contributed by atoms with Crippen molar-refractivity contribution < 1.29 is 0 Å². The number of hydrogen-bond donors (Lipinski definition) is 1. The van der Waals surface area contributed by atoms with Crippen LogP contribution in [0.15, 0.2) is 89.9 Å². The van der Waals surface area contributed by atoms with Gasteiger partial charge < -0.3 is 5.73 Å². The summed E-state index contributed by atoms with van der Waals surface area (Å²) in [6, 6.07) is 27.6. The highest BCUT2D eigenvalue weighted by Crippen LogP contribution is 2.26. The largest absolute Gasteiger partial charge is 0.383 e. The minimum atomic E-state index is -0.131. The number of halogens is 1. The lowest BCUT2D eigenvalue weighted by Gasteiger charge is -2.15. The van der Waals surface area contributed by atoms with Crippen LogP contribution in [0.1, 0.15) is 22.7 Å². The Balaban J connectivity index is 2.02. The first kappa shape index (κ1) is 15.3. The van der Waals surface area contributed by atoms with E-state index in [0.29, 0.717) is 10.9 Å². The van der Waals surface area contributed by atoms with Crippen LogP contribution in [0.5, 0.6) is 0 Å². The van der Waals surface area contributed by atoms with Crippen molar-refractivity contribution in [3.8, 4) is 0 Å². The first-order valence-electron chi connectivity index (χ1n) is 7.43. The van der Waals surface area contributed by atoms with Crippen LogP contribution < -0.4 is 5.73 Å². The van der Waals surface area contributed by atoms with Crippen LogP contribution in [0.4, 0.5) is 0 Å². The summed E-state index contributed by atoms with van der Waals surface area (Å²) >= 11 is 5.93. The number of amidine groups is 1. The predicted octanol–water partition coefficient (Wildman–Crippen LogP) is 4.83. The smallest absolute Gasteiger partial charge is 0.126 e. The molecule has 114 valence electrons. The lowest BCUT2D eigenvalue weighted by Crippen LogP contribution is -2.15. The van der Waals surface area contributed by atoms with Crippen molar-refractivity contribution >= 4 is 17.4 Å². The summed E-state index contributed by atoms with van der Waals surface area (Å²) in [5.41, 5.74) is 9.31. The van der Waals surface area contributed by atoms with E-state index >= 15 is 0 Å². The molecular formula is C20H17ClN2. The number of aliphatic imine (C=N–C) groups is 1. The van der Waals surface area contributed by atoms with Gasteiger partial charge in [-0.15, -0.1) is 0 Å². The molecule has 3 heteroatoms. The second-order valence-corrected chi connectivity index (χ2v) is 5.68. The summed E-state index contributed by atoms with van der Waals surface area (Å²) in [6.45, 7) is 0. The van der Waals surface area contributed by atoms with Gasteiger partial charge in [-0.25, -0.2) is 0 Å². The molecule has 0 fully saturated rings. The molecule has 0 atom stereocenters. The number of benzene rings is 3. The van der Waals surface area contributed by atoms with Gasteiger partial charge >= 0.3 is 0 Å². The Bertz CT molecular complexity index is 741. The van der Waals surface area contributed by atoms with Gasteiger partial charge in [-0.3, -0.25) is 4.99 Å². The molecule has 3 aromatic carbocycles. The van der Waals surface area contributed by atoms with Crippen molar-refractivity contribution in [1.82, 2.24) is 0 Å². The molecule has 0 saturated carbocycles. The van der Waals surface area contributed by atoms with Crippen molar-refractivity contribution in [2.45, 2.75) is 6.04 Å². The quantitative estimate of drug-likeness (QED) is 0.542. The standard InChI is InChI=1S/C20H17ClN2/c21-18-13-11-17(12-14-18)20(22)23-19(15-7-3-1-4-8-15)16-9-5-2-6-10-16/h1-14,19H,(H2,22,23). The molecule has 3 rings (SSSR count). The normalized spacial score (nSPS) is 11.7. The fourth-order valence-corrected chi connectivity index (χ4v) is 2.57. The van der Waals surface area contributed by atoms with E-state index < -0.39 is 0 Å². The van der Waals surface area contributed by atoms with Crippen LogP contribution in [-0.2, 0) is 0 Å². The molecule has 0 saturated heterocycles. The molecule has 3 aromatic rings. The molecule has 2 N–H and O–H groups in total. The van der Waals surface area contributed by atoms with Gasteiger partial charge in [0.2, 0.25) is 0 Å². The molecule has 0 radical (unpaired) electrons. The molecule has 23 heavy (non-hydrogen) atoms. The summed E-state index contributed by atoms with van der Waals surface area (Å²) in [6.07, 6.45) is 0. The van der Waals surface area contributed by atoms with Crippen molar-refractivity contribution in [3.05, 3.63) is 107 Å². The fourth-order valence-electron chi connectivity index (χ4n) is 2.45. The molecule has 0 unspecified atom stereocenters. The second kappa shape index (κ2) is 7.12. The van der Waals surface area contributed by atoms with Gasteiger partial charge in [0.25, 0.3) is 0 Å². The first-order chi connectivity index (χ1) is 11.2. The number of rotatable bonds is 4. The average Bonchev–Trinajstić information content (AvgIpc) is 2.61. The number of nitrogens with two attached hydrogens (primary N) is 1. The van der Waals surface area contributed by atoms with Crippen molar-refractivity contribution in [3.63, 3.8) is 0 Å². The maximum absolute atomic E-state index is 6.23. The van der Waals surface area contributed by atoms with Crippen LogP contribution in [-0.4, -0.2) is 5.84 Å². The zero-order chi connectivity index (χ0) is 16.1. The monoisotopic (exact) mass is 320 g/mol. The number of hydrogen-bond acceptors (Lipinski definition) is 1. The van der Waals surface area contributed by atoms with E-state index in [1.54, 1.807) is 0 Å². The molecule has 0 aromatic heterocycles. The molecule has 2 nitrogen and oxygen atoms in total. The van der Waals surface area contributed by atoms with Gasteiger partial charge in [0, 0.05) is 10.6 Å². The maximum atomic E-state index is 6.23. The topological polar surface area (TPSA) is 38.4 Å². The zero-order valence-electron chi connectivity index (χ0n) is 12.6. The molecule has 0 heterocycles. The summed E-state index contributed by atoms with van der Waals surface area (Å²) in [7, 11) is 0. The fraction of sp³-hybridized carbons (Fsp3) is 0.0500. The first-order valence-corrected chi connectivity index (χ1v) is 7.81. The van der Waals surface area contributed by atoms with Crippen molar-refractivity contribution in [1.29, 1.82) is 0 Å². The maximum Gasteiger partial charge on any atom is 0.126 e. The van der Waals surface area contributed by atoms with Gasteiger partial charge in [0.15, 0.2) is 0 Å². The Labute approximate surface area is 141 Å². The third-order valence-electron chi connectivity index (χ3n) is 3.64. The number of nitrogens with zero attached hydrogens (tertiary/aromatic N) is 1. The Morgan fingerprint density at radius 1 is 0.739 bits per heavy atom. The summed E-state index contributed by atoms with van der Waals surface area (Å²) in [5, 5.41) is 0.684. The lowest BCUT2D eigenvalue weighted by molar-refractivity contribution is 0.870. The highest BCUT2D eigenvalue weighted by Gasteiger charge is 2.13. The Hall–Kier alpha value is -2.58. The van der Waals surface area contributed by atoms with Gasteiger partial charge in [0.1, 0.15) is 11.9 Å². The van der Waals surface area contributed by atoms with Gasteiger partial charge in [0.05, 0.1) is 0 Å². The van der Waals surface area contributed by atoms with E-state index in [1.807, 2.05) is 60.7 Å². The van der Waals surface area contributed by atoms with E-state index in [4.69, 9.17) is 22.3 Å². The van der Waals surface area contributed by atoms with Crippen LogP contribution in [0.3, 0.4) is 0 Å². The minimum absolute atomic E-state index is 0.131. The summed E-state index contributed by atoms with van der Waals surface area (Å²) in [4.78, 5) is 4.77. The second-order valence-electron chi connectivity index (χ2n) is 5.25. The molecule has 0 aliphatic rings. The van der Waals surface area contributed by atoms with E-state index in [-0.39, 0.29) is 6.04 Å². The Morgan fingerprint density at radius 2 is 1.22 bits per heavy atom. The van der Waals surface area contributed by atoms with Crippen LogP contribution in [0.2, 0.25) is 5.02 Å². The Kier molecular flexibility index (Phi) is 4.74. The minimum Gasteiger partial charge on any atom is -0.383 e. The molecule has 0 aliphatic heterocycles. The van der Waals surface area contributed by atoms with Gasteiger partial charge in [-0.05, 0) is 35.4 Å². The summed E-state index contributed by atoms with van der Waals surface area (Å²) < 4.78 is 0. The van der Waals surface area contributed by atoms with Crippen LogP contribution >= 0.6 is 11.6 Å². The third-order valence-corrected chi connectivity index (χ3v) is 3.89.